The molecule has 0 aromatic heterocycles. The van der Waals surface area contributed by atoms with Crippen LogP contribution in [0.4, 0.5) is 0 Å². The van der Waals surface area contributed by atoms with E-state index in [2.05, 4.69) is 6.92 Å². The SMILES string of the molecule is CCCCCCCCS(=O)(=O)N1CCCC1SC. The van der Waals surface area contributed by atoms with Gasteiger partial charge in [0.05, 0.1) is 11.1 Å². The Labute approximate surface area is 117 Å². The molecular weight excluding hydrogens is 266 g/mol. The zero-order valence-electron chi connectivity index (χ0n) is 11.7. The Hall–Kier alpha value is 0.260. The van der Waals surface area contributed by atoms with E-state index in [0.29, 0.717) is 5.75 Å². The molecule has 0 saturated carbocycles. The quantitative estimate of drug-likeness (QED) is 0.611. The summed E-state index contributed by atoms with van der Waals surface area (Å²) in [6, 6.07) is 0. The van der Waals surface area contributed by atoms with Crippen molar-refractivity contribution in [1.82, 2.24) is 4.31 Å². The summed E-state index contributed by atoms with van der Waals surface area (Å²) in [6.45, 7) is 2.92. The Bertz CT molecular complexity index is 317. The number of nitrogens with zero attached hydrogens (tertiary/aromatic N) is 1. The second kappa shape index (κ2) is 8.43. The fraction of sp³-hybridized carbons (Fsp3) is 1.00. The Morgan fingerprint density at radius 2 is 1.83 bits per heavy atom. The van der Waals surface area contributed by atoms with Crippen LogP contribution in [-0.2, 0) is 10.0 Å². The maximum absolute atomic E-state index is 12.2. The molecule has 0 radical (unpaired) electrons. The number of unbranched alkanes of at least 4 members (excludes halogenated alkanes) is 5. The van der Waals surface area contributed by atoms with Gasteiger partial charge in [-0.25, -0.2) is 8.42 Å². The molecule has 0 spiro atoms. The number of hydrogen-bond donors (Lipinski definition) is 0. The van der Waals surface area contributed by atoms with E-state index in [1.54, 1.807) is 16.1 Å². The van der Waals surface area contributed by atoms with E-state index in [9.17, 15) is 8.42 Å². The first-order valence-corrected chi connectivity index (χ1v) is 10.0. The normalized spacial score (nSPS) is 21.6. The molecule has 0 aromatic rings. The van der Waals surface area contributed by atoms with E-state index >= 15 is 0 Å². The summed E-state index contributed by atoms with van der Waals surface area (Å²) >= 11 is 1.66. The number of rotatable bonds is 9. The van der Waals surface area contributed by atoms with Crippen LogP contribution in [0.1, 0.15) is 58.3 Å². The highest BCUT2D eigenvalue weighted by Gasteiger charge is 2.32. The van der Waals surface area contributed by atoms with Gasteiger partial charge < -0.3 is 0 Å². The maximum atomic E-state index is 12.2. The predicted molar refractivity (Wildman–Crippen MR) is 80.4 cm³/mol. The summed E-state index contributed by atoms with van der Waals surface area (Å²) in [4.78, 5) is 0. The Kier molecular flexibility index (Phi) is 7.64. The minimum atomic E-state index is -3.00. The van der Waals surface area contributed by atoms with Crippen LogP contribution < -0.4 is 0 Å². The molecule has 5 heteroatoms. The van der Waals surface area contributed by atoms with Gasteiger partial charge in [-0.05, 0) is 25.5 Å². The minimum absolute atomic E-state index is 0.190. The Morgan fingerprint density at radius 1 is 1.17 bits per heavy atom. The summed E-state index contributed by atoms with van der Waals surface area (Å²) in [7, 11) is -3.00. The highest BCUT2D eigenvalue weighted by atomic mass is 32.2. The second-order valence-corrected chi connectivity index (χ2v) is 8.08. The fourth-order valence-electron chi connectivity index (χ4n) is 2.45. The fourth-order valence-corrected chi connectivity index (χ4v) is 5.51. The van der Waals surface area contributed by atoms with Crippen LogP contribution in [0.3, 0.4) is 0 Å². The topological polar surface area (TPSA) is 37.4 Å². The van der Waals surface area contributed by atoms with E-state index in [4.69, 9.17) is 0 Å². The molecule has 0 amide bonds. The summed E-state index contributed by atoms with van der Waals surface area (Å²) in [5, 5.41) is 0.190. The maximum Gasteiger partial charge on any atom is 0.215 e. The van der Waals surface area contributed by atoms with E-state index in [1.807, 2.05) is 6.26 Å². The largest absolute Gasteiger partial charge is 0.215 e. The molecule has 1 unspecified atom stereocenters. The van der Waals surface area contributed by atoms with Gasteiger partial charge in [-0.3, -0.25) is 0 Å². The summed E-state index contributed by atoms with van der Waals surface area (Å²) < 4.78 is 26.1. The molecule has 1 saturated heterocycles. The van der Waals surface area contributed by atoms with Gasteiger partial charge in [0, 0.05) is 6.54 Å². The first kappa shape index (κ1) is 16.3. The Balaban J connectivity index is 2.27. The first-order chi connectivity index (χ1) is 8.61. The van der Waals surface area contributed by atoms with Gasteiger partial charge in [-0.2, -0.15) is 4.31 Å². The lowest BCUT2D eigenvalue weighted by atomic mass is 10.1. The van der Waals surface area contributed by atoms with Crippen LogP contribution in [0.5, 0.6) is 0 Å². The van der Waals surface area contributed by atoms with Gasteiger partial charge in [0.15, 0.2) is 0 Å². The van der Waals surface area contributed by atoms with Crippen molar-refractivity contribution >= 4 is 21.8 Å². The van der Waals surface area contributed by atoms with E-state index in [1.165, 1.54) is 25.7 Å². The average Bonchev–Trinajstić information content (AvgIpc) is 2.82. The van der Waals surface area contributed by atoms with Gasteiger partial charge in [0.2, 0.25) is 10.0 Å². The zero-order valence-corrected chi connectivity index (χ0v) is 13.4. The molecule has 1 aliphatic heterocycles. The molecule has 1 aliphatic rings. The molecule has 0 aromatic carbocycles. The third kappa shape index (κ3) is 5.10. The monoisotopic (exact) mass is 293 g/mol. The Morgan fingerprint density at radius 3 is 2.50 bits per heavy atom. The molecule has 18 heavy (non-hydrogen) atoms. The summed E-state index contributed by atoms with van der Waals surface area (Å²) in [6.07, 6.45) is 10.8. The van der Waals surface area contributed by atoms with Crippen LogP contribution in [0, 0.1) is 0 Å². The molecule has 0 bridgehead atoms. The molecule has 108 valence electrons. The van der Waals surface area contributed by atoms with E-state index in [-0.39, 0.29) is 5.37 Å². The van der Waals surface area contributed by atoms with Crippen molar-refractivity contribution in [3.8, 4) is 0 Å². The summed E-state index contributed by atoms with van der Waals surface area (Å²) in [5.41, 5.74) is 0. The predicted octanol–water partition coefficient (Wildman–Crippen LogP) is 3.46. The van der Waals surface area contributed by atoms with E-state index < -0.39 is 10.0 Å². The van der Waals surface area contributed by atoms with Gasteiger partial charge in [0.25, 0.3) is 0 Å². The van der Waals surface area contributed by atoms with Crippen molar-refractivity contribution in [2.75, 3.05) is 18.6 Å². The van der Waals surface area contributed by atoms with Crippen molar-refractivity contribution in [1.29, 1.82) is 0 Å². The molecule has 1 atom stereocenters. The van der Waals surface area contributed by atoms with Crippen molar-refractivity contribution in [3.63, 3.8) is 0 Å². The number of thioether (sulfide) groups is 1. The van der Waals surface area contributed by atoms with Crippen LogP contribution in [-0.4, -0.2) is 36.7 Å². The zero-order chi connectivity index (χ0) is 13.4. The van der Waals surface area contributed by atoms with Gasteiger partial charge in [-0.15, -0.1) is 11.8 Å². The van der Waals surface area contributed by atoms with E-state index in [0.717, 1.165) is 32.2 Å². The molecule has 3 nitrogen and oxygen atoms in total. The molecule has 0 aliphatic carbocycles. The average molecular weight is 293 g/mol. The highest BCUT2D eigenvalue weighted by molar-refractivity contribution is 8.00. The van der Waals surface area contributed by atoms with Crippen LogP contribution >= 0.6 is 11.8 Å². The van der Waals surface area contributed by atoms with Crippen molar-refractivity contribution in [2.45, 2.75) is 63.7 Å². The third-order valence-corrected chi connectivity index (χ3v) is 6.66. The van der Waals surface area contributed by atoms with Crippen molar-refractivity contribution in [2.24, 2.45) is 0 Å². The number of hydrogen-bond acceptors (Lipinski definition) is 3. The standard InChI is InChI=1S/C13H27NO2S2/c1-3-4-5-6-7-8-12-18(15,16)14-11-9-10-13(14)17-2/h13H,3-12H2,1-2H3. The van der Waals surface area contributed by atoms with Gasteiger partial charge >= 0.3 is 0 Å². The van der Waals surface area contributed by atoms with Gasteiger partial charge in [0.1, 0.15) is 0 Å². The third-order valence-electron chi connectivity index (χ3n) is 3.54. The lowest BCUT2D eigenvalue weighted by Gasteiger charge is -2.22. The lowest BCUT2D eigenvalue weighted by Crippen LogP contribution is -2.35. The van der Waals surface area contributed by atoms with Crippen LogP contribution in [0.25, 0.3) is 0 Å². The first-order valence-electron chi connectivity index (χ1n) is 7.14. The van der Waals surface area contributed by atoms with Gasteiger partial charge in [-0.1, -0.05) is 39.0 Å². The second-order valence-electron chi connectivity index (χ2n) is 5.03. The molecule has 0 N–H and O–H groups in total. The van der Waals surface area contributed by atoms with Crippen LogP contribution in [0.2, 0.25) is 0 Å². The number of sulfonamides is 1. The smallest absolute Gasteiger partial charge is 0.212 e. The molecule has 1 fully saturated rings. The lowest BCUT2D eigenvalue weighted by molar-refractivity contribution is 0.457. The molecule has 1 rings (SSSR count). The minimum Gasteiger partial charge on any atom is -0.212 e. The molecule has 1 heterocycles. The summed E-state index contributed by atoms with van der Waals surface area (Å²) in [5.74, 6) is 0.343. The van der Waals surface area contributed by atoms with Crippen molar-refractivity contribution < 1.29 is 8.42 Å². The van der Waals surface area contributed by atoms with Crippen LogP contribution in [0.15, 0.2) is 0 Å². The molecular formula is C13H27NO2S2. The highest BCUT2D eigenvalue weighted by Crippen LogP contribution is 2.28. The van der Waals surface area contributed by atoms with Crippen molar-refractivity contribution in [3.05, 3.63) is 0 Å².